The summed E-state index contributed by atoms with van der Waals surface area (Å²) in [5.41, 5.74) is 0. The van der Waals surface area contributed by atoms with Crippen molar-refractivity contribution in [2.75, 3.05) is 26.2 Å². The fraction of sp³-hybridized carbons (Fsp3) is 1.00. The predicted molar refractivity (Wildman–Crippen MR) is 68.4 cm³/mol. The van der Waals surface area contributed by atoms with Gasteiger partial charge in [0.1, 0.15) is 0 Å². The Morgan fingerprint density at radius 2 is 2.05 bits per heavy atom. The number of alkyl halides is 2. The second-order valence-corrected chi connectivity index (χ2v) is 6.70. The molecule has 0 N–H and O–H groups in total. The summed E-state index contributed by atoms with van der Waals surface area (Å²) in [5, 5.41) is 0. The van der Waals surface area contributed by atoms with E-state index < -0.39 is 23.2 Å². The number of rotatable bonds is 6. The van der Waals surface area contributed by atoms with E-state index in [4.69, 9.17) is 4.74 Å². The fourth-order valence-corrected chi connectivity index (χ4v) is 3.97. The molecular formula is C11H22F2N2O3S. The molecule has 0 amide bonds. The molecule has 0 aromatic carbocycles. The van der Waals surface area contributed by atoms with E-state index in [1.807, 2.05) is 0 Å². The van der Waals surface area contributed by atoms with E-state index in [-0.39, 0.29) is 31.8 Å². The average Bonchev–Trinajstić information content (AvgIpc) is 2.31. The van der Waals surface area contributed by atoms with Gasteiger partial charge in [-0.1, -0.05) is 6.92 Å². The highest BCUT2D eigenvalue weighted by Crippen LogP contribution is 2.20. The molecule has 0 bridgehead atoms. The number of hydrogen-bond acceptors (Lipinski definition) is 3. The van der Waals surface area contributed by atoms with Crippen molar-refractivity contribution < 1.29 is 21.9 Å². The number of morpholine rings is 1. The second kappa shape index (κ2) is 6.92. The van der Waals surface area contributed by atoms with Crippen LogP contribution in [0.4, 0.5) is 8.78 Å². The third kappa shape index (κ3) is 4.34. The quantitative estimate of drug-likeness (QED) is 0.743. The molecule has 1 aliphatic rings. The van der Waals surface area contributed by atoms with Crippen LogP contribution in [0, 0.1) is 0 Å². The summed E-state index contributed by atoms with van der Waals surface area (Å²) in [6, 6.07) is -0.335. The lowest BCUT2D eigenvalue weighted by Gasteiger charge is -2.38. The zero-order valence-electron chi connectivity index (χ0n) is 11.6. The van der Waals surface area contributed by atoms with Gasteiger partial charge in [-0.25, -0.2) is 8.78 Å². The Balaban J connectivity index is 2.90. The van der Waals surface area contributed by atoms with Crippen LogP contribution in [-0.4, -0.2) is 61.8 Å². The van der Waals surface area contributed by atoms with Crippen molar-refractivity contribution in [2.24, 2.45) is 0 Å². The molecule has 2 atom stereocenters. The Labute approximate surface area is 113 Å². The van der Waals surface area contributed by atoms with Crippen molar-refractivity contribution in [3.63, 3.8) is 0 Å². The predicted octanol–water partition coefficient (Wildman–Crippen LogP) is 1.32. The van der Waals surface area contributed by atoms with Crippen LogP contribution in [0.2, 0.25) is 0 Å². The third-order valence-electron chi connectivity index (χ3n) is 2.99. The van der Waals surface area contributed by atoms with E-state index in [0.29, 0.717) is 6.42 Å². The lowest BCUT2D eigenvalue weighted by Crippen LogP contribution is -2.55. The average molecular weight is 300 g/mol. The highest BCUT2D eigenvalue weighted by Gasteiger charge is 2.37. The van der Waals surface area contributed by atoms with Crippen LogP contribution in [0.25, 0.3) is 0 Å². The van der Waals surface area contributed by atoms with Gasteiger partial charge < -0.3 is 4.74 Å². The van der Waals surface area contributed by atoms with Crippen LogP contribution < -0.4 is 0 Å². The smallest absolute Gasteiger partial charge is 0.282 e. The third-order valence-corrected chi connectivity index (χ3v) is 5.07. The van der Waals surface area contributed by atoms with Crippen LogP contribution >= 0.6 is 0 Å². The molecule has 1 heterocycles. The van der Waals surface area contributed by atoms with Crippen LogP contribution in [0.1, 0.15) is 27.2 Å². The minimum absolute atomic E-state index is 0.102. The van der Waals surface area contributed by atoms with Crippen LogP contribution in [-0.2, 0) is 14.9 Å². The summed E-state index contributed by atoms with van der Waals surface area (Å²) in [7, 11) is -3.86. The highest BCUT2D eigenvalue weighted by molar-refractivity contribution is 7.86. The molecular weight excluding hydrogens is 278 g/mol. The Kier molecular flexibility index (Phi) is 6.10. The normalized spacial score (nSPS) is 26.3. The molecule has 1 fully saturated rings. The van der Waals surface area contributed by atoms with Gasteiger partial charge in [0.2, 0.25) is 0 Å². The molecule has 0 unspecified atom stereocenters. The molecule has 1 rings (SSSR count). The Morgan fingerprint density at radius 1 is 1.42 bits per heavy atom. The summed E-state index contributed by atoms with van der Waals surface area (Å²) in [4.78, 5) is 0. The molecule has 0 aromatic rings. The SMILES string of the molecule is CCCN(CC(F)F)S(=O)(=O)N1C[C@H](C)OC[C@@H]1C. The maximum absolute atomic E-state index is 12.5. The van der Waals surface area contributed by atoms with Crippen molar-refractivity contribution in [1.29, 1.82) is 0 Å². The summed E-state index contributed by atoms with van der Waals surface area (Å²) in [5.74, 6) is 0. The van der Waals surface area contributed by atoms with Crippen molar-refractivity contribution in [1.82, 2.24) is 8.61 Å². The summed E-state index contributed by atoms with van der Waals surface area (Å²) < 4.78 is 57.4. The number of nitrogens with zero attached hydrogens (tertiary/aromatic N) is 2. The lowest BCUT2D eigenvalue weighted by molar-refractivity contribution is -0.0197. The van der Waals surface area contributed by atoms with Crippen molar-refractivity contribution in [2.45, 2.75) is 45.8 Å². The van der Waals surface area contributed by atoms with Gasteiger partial charge in [-0.2, -0.15) is 17.0 Å². The molecule has 0 aliphatic carbocycles. The monoisotopic (exact) mass is 300 g/mol. The van der Waals surface area contributed by atoms with Gasteiger partial charge in [0, 0.05) is 19.1 Å². The van der Waals surface area contributed by atoms with Gasteiger partial charge >= 0.3 is 0 Å². The van der Waals surface area contributed by atoms with E-state index in [1.54, 1.807) is 20.8 Å². The summed E-state index contributed by atoms with van der Waals surface area (Å²) >= 11 is 0. The van der Waals surface area contributed by atoms with Crippen molar-refractivity contribution >= 4 is 10.2 Å². The molecule has 0 aromatic heterocycles. The Morgan fingerprint density at radius 3 is 2.58 bits per heavy atom. The molecule has 19 heavy (non-hydrogen) atoms. The molecule has 0 radical (unpaired) electrons. The fourth-order valence-electron chi connectivity index (χ4n) is 2.05. The van der Waals surface area contributed by atoms with Gasteiger partial charge in [0.25, 0.3) is 16.6 Å². The maximum atomic E-state index is 12.5. The van der Waals surface area contributed by atoms with Gasteiger partial charge in [-0.15, -0.1) is 0 Å². The van der Waals surface area contributed by atoms with Gasteiger partial charge in [0.15, 0.2) is 0 Å². The van der Waals surface area contributed by atoms with Crippen LogP contribution in [0.5, 0.6) is 0 Å². The summed E-state index contributed by atoms with van der Waals surface area (Å²) in [6.07, 6.45) is -2.39. The van der Waals surface area contributed by atoms with Gasteiger partial charge in [0.05, 0.1) is 19.3 Å². The first-order chi connectivity index (χ1) is 8.78. The first-order valence-electron chi connectivity index (χ1n) is 6.45. The standard InChI is InChI=1S/C11H22F2N2O3S/c1-4-5-14(7-11(12)13)19(16,17)15-6-10(3)18-8-9(15)2/h9-11H,4-8H2,1-3H3/t9-,10-/m0/s1. The van der Waals surface area contributed by atoms with Gasteiger partial charge in [-0.3, -0.25) is 0 Å². The van der Waals surface area contributed by atoms with Crippen molar-refractivity contribution in [3.8, 4) is 0 Å². The van der Waals surface area contributed by atoms with E-state index in [9.17, 15) is 17.2 Å². The molecule has 1 saturated heterocycles. The van der Waals surface area contributed by atoms with Crippen LogP contribution in [0.15, 0.2) is 0 Å². The molecule has 8 heteroatoms. The number of ether oxygens (including phenoxy) is 1. The lowest BCUT2D eigenvalue weighted by atomic mass is 10.2. The molecule has 114 valence electrons. The van der Waals surface area contributed by atoms with E-state index in [0.717, 1.165) is 4.31 Å². The van der Waals surface area contributed by atoms with Gasteiger partial charge in [-0.05, 0) is 20.3 Å². The van der Waals surface area contributed by atoms with E-state index in [1.165, 1.54) is 4.31 Å². The van der Waals surface area contributed by atoms with Crippen LogP contribution in [0.3, 0.4) is 0 Å². The Hall–Kier alpha value is -0.310. The zero-order valence-corrected chi connectivity index (χ0v) is 12.4. The minimum atomic E-state index is -3.86. The Bertz CT molecular complexity index is 378. The molecule has 5 nitrogen and oxygen atoms in total. The first kappa shape index (κ1) is 16.7. The number of halogens is 2. The molecule has 0 saturated carbocycles. The minimum Gasteiger partial charge on any atom is -0.375 e. The zero-order chi connectivity index (χ0) is 14.6. The van der Waals surface area contributed by atoms with E-state index >= 15 is 0 Å². The second-order valence-electron chi connectivity index (χ2n) is 4.82. The topological polar surface area (TPSA) is 49.9 Å². The molecule has 0 spiro atoms. The largest absolute Gasteiger partial charge is 0.375 e. The summed E-state index contributed by atoms with van der Waals surface area (Å²) in [6.45, 7) is 5.09. The molecule has 1 aliphatic heterocycles. The maximum Gasteiger partial charge on any atom is 0.282 e. The number of hydrogen-bond donors (Lipinski definition) is 0. The highest BCUT2D eigenvalue weighted by atomic mass is 32.2. The van der Waals surface area contributed by atoms with Crippen molar-refractivity contribution in [3.05, 3.63) is 0 Å². The van der Waals surface area contributed by atoms with E-state index in [2.05, 4.69) is 0 Å². The first-order valence-corrected chi connectivity index (χ1v) is 7.85.